The standard InChI is InChI=1S/C19H27BrN2O/c20-18-9-5-7-16(13-18)14-21-10-6-8-17(15-21)19(23)22-11-3-1-2-4-12-22/h5,7,9,13,17H,1-4,6,8,10-12,14-15H2/t17-/m0/s1. The molecule has 3 nitrogen and oxygen atoms in total. The zero-order valence-electron chi connectivity index (χ0n) is 13.8. The van der Waals surface area contributed by atoms with Gasteiger partial charge < -0.3 is 4.90 Å². The van der Waals surface area contributed by atoms with Gasteiger partial charge in [-0.25, -0.2) is 0 Å². The first-order chi connectivity index (χ1) is 11.2. The Bertz CT molecular complexity index is 526. The molecule has 0 unspecified atom stereocenters. The van der Waals surface area contributed by atoms with Crippen LogP contribution in [-0.2, 0) is 11.3 Å². The minimum Gasteiger partial charge on any atom is -0.342 e. The molecule has 2 fully saturated rings. The third kappa shape index (κ3) is 4.80. The van der Waals surface area contributed by atoms with Crippen molar-refractivity contribution in [3.63, 3.8) is 0 Å². The van der Waals surface area contributed by atoms with Crippen molar-refractivity contribution in [1.29, 1.82) is 0 Å². The average Bonchev–Trinajstić information content (AvgIpc) is 2.84. The first kappa shape index (κ1) is 17.0. The Morgan fingerprint density at radius 2 is 1.87 bits per heavy atom. The molecule has 2 heterocycles. The molecule has 0 N–H and O–H groups in total. The van der Waals surface area contributed by atoms with Gasteiger partial charge in [0.15, 0.2) is 0 Å². The second-order valence-corrected chi connectivity index (χ2v) is 7.86. The summed E-state index contributed by atoms with van der Waals surface area (Å²) in [6, 6.07) is 8.50. The summed E-state index contributed by atoms with van der Waals surface area (Å²) in [5.74, 6) is 0.611. The fourth-order valence-electron chi connectivity index (χ4n) is 3.84. The molecule has 0 aliphatic carbocycles. The number of carbonyl (C=O) groups excluding carboxylic acids is 1. The maximum absolute atomic E-state index is 12.8. The number of nitrogens with zero attached hydrogens (tertiary/aromatic N) is 2. The number of rotatable bonds is 3. The highest BCUT2D eigenvalue weighted by molar-refractivity contribution is 9.10. The molecule has 1 aromatic rings. The van der Waals surface area contributed by atoms with Crippen molar-refractivity contribution in [3.8, 4) is 0 Å². The van der Waals surface area contributed by atoms with Crippen molar-refractivity contribution in [2.24, 2.45) is 5.92 Å². The molecule has 2 aliphatic heterocycles. The maximum atomic E-state index is 12.8. The van der Waals surface area contributed by atoms with E-state index in [2.05, 4.69) is 50.0 Å². The molecule has 2 saturated heterocycles. The van der Waals surface area contributed by atoms with Gasteiger partial charge in [0.05, 0.1) is 5.92 Å². The van der Waals surface area contributed by atoms with Crippen LogP contribution >= 0.6 is 15.9 Å². The minimum absolute atomic E-state index is 0.203. The summed E-state index contributed by atoms with van der Waals surface area (Å²) in [6.45, 7) is 4.92. The molecule has 0 saturated carbocycles. The van der Waals surface area contributed by atoms with Gasteiger partial charge in [-0.3, -0.25) is 9.69 Å². The van der Waals surface area contributed by atoms with Crippen LogP contribution in [0.25, 0.3) is 0 Å². The number of carbonyl (C=O) groups is 1. The molecule has 23 heavy (non-hydrogen) atoms. The van der Waals surface area contributed by atoms with E-state index in [9.17, 15) is 4.79 Å². The fourth-order valence-corrected chi connectivity index (χ4v) is 4.29. The van der Waals surface area contributed by atoms with Crippen molar-refractivity contribution in [1.82, 2.24) is 9.80 Å². The van der Waals surface area contributed by atoms with Gasteiger partial charge in [0.1, 0.15) is 0 Å². The Hall–Kier alpha value is -0.870. The zero-order valence-corrected chi connectivity index (χ0v) is 15.4. The lowest BCUT2D eigenvalue weighted by Gasteiger charge is -2.34. The summed E-state index contributed by atoms with van der Waals surface area (Å²) in [6.07, 6.45) is 7.12. The molecule has 0 radical (unpaired) electrons. The molecular formula is C19H27BrN2O. The van der Waals surface area contributed by atoms with E-state index in [0.29, 0.717) is 5.91 Å². The normalized spacial score (nSPS) is 23.5. The topological polar surface area (TPSA) is 23.6 Å². The first-order valence-corrected chi connectivity index (χ1v) is 9.77. The molecule has 1 amide bonds. The Morgan fingerprint density at radius 1 is 1.09 bits per heavy atom. The summed E-state index contributed by atoms with van der Waals surface area (Å²) in [5.41, 5.74) is 1.32. The lowest BCUT2D eigenvalue weighted by Crippen LogP contribution is -2.44. The molecule has 2 aliphatic rings. The molecule has 0 spiro atoms. The van der Waals surface area contributed by atoms with Gasteiger partial charge in [-0.05, 0) is 49.9 Å². The Labute approximate surface area is 148 Å². The smallest absolute Gasteiger partial charge is 0.226 e. The maximum Gasteiger partial charge on any atom is 0.226 e. The second kappa shape index (κ2) is 8.29. The molecule has 0 bridgehead atoms. The number of piperidine rings is 1. The van der Waals surface area contributed by atoms with Crippen LogP contribution in [-0.4, -0.2) is 41.9 Å². The van der Waals surface area contributed by atoms with E-state index in [0.717, 1.165) is 50.0 Å². The van der Waals surface area contributed by atoms with Crippen molar-refractivity contribution in [2.75, 3.05) is 26.2 Å². The first-order valence-electron chi connectivity index (χ1n) is 8.98. The molecule has 4 heteroatoms. The Morgan fingerprint density at radius 3 is 2.61 bits per heavy atom. The number of hydrogen-bond acceptors (Lipinski definition) is 2. The summed E-state index contributed by atoms with van der Waals surface area (Å²) < 4.78 is 1.13. The molecule has 3 rings (SSSR count). The molecule has 1 atom stereocenters. The highest BCUT2D eigenvalue weighted by Gasteiger charge is 2.29. The molecule has 0 aromatic heterocycles. The summed E-state index contributed by atoms with van der Waals surface area (Å²) in [5, 5.41) is 0. The van der Waals surface area contributed by atoms with Crippen molar-refractivity contribution >= 4 is 21.8 Å². The van der Waals surface area contributed by atoms with Gasteiger partial charge in [-0.15, -0.1) is 0 Å². The van der Waals surface area contributed by atoms with Crippen molar-refractivity contribution in [2.45, 2.75) is 45.1 Å². The van der Waals surface area contributed by atoms with Crippen LogP contribution in [0.5, 0.6) is 0 Å². The molecule has 1 aromatic carbocycles. The van der Waals surface area contributed by atoms with Crippen LogP contribution in [0.1, 0.15) is 44.1 Å². The number of hydrogen-bond donors (Lipinski definition) is 0. The molecule has 126 valence electrons. The summed E-state index contributed by atoms with van der Waals surface area (Å²) in [4.78, 5) is 17.4. The largest absolute Gasteiger partial charge is 0.342 e. The molecular weight excluding hydrogens is 352 g/mol. The highest BCUT2D eigenvalue weighted by Crippen LogP contribution is 2.23. The summed E-state index contributed by atoms with van der Waals surface area (Å²) >= 11 is 3.54. The van der Waals surface area contributed by atoms with E-state index in [-0.39, 0.29) is 5.92 Å². The highest BCUT2D eigenvalue weighted by atomic mass is 79.9. The lowest BCUT2D eigenvalue weighted by molar-refractivity contribution is -0.137. The van der Waals surface area contributed by atoms with Crippen LogP contribution in [0.3, 0.4) is 0 Å². The van der Waals surface area contributed by atoms with Crippen LogP contribution in [0.2, 0.25) is 0 Å². The van der Waals surface area contributed by atoms with E-state index >= 15 is 0 Å². The predicted octanol–water partition coefficient (Wildman–Crippen LogP) is 4.06. The second-order valence-electron chi connectivity index (χ2n) is 6.94. The SMILES string of the molecule is O=C([C@H]1CCCN(Cc2cccc(Br)c2)C1)N1CCCCCC1. The van der Waals surface area contributed by atoms with Gasteiger partial charge in [-0.1, -0.05) is 40.9 Å². The van der Waals surface area contributed by atoms with Gasteiger partial charge in [0, 0.05) is 30.7 Å². The lowest BCUT2D eigenvalue weighted by atomic mass is 9.96. The van der Waals surface area contributed by atoms with Crippen LogP contribution in [0.4, 0.5) is 0 Å². The quantitative estimate of drug-likeness (QED) is 0.791. The van der Waals surface area contributed by atoms with E-state index in [1.54, 1.807) is 0 Å². The van der Waals surface area contributed by atoms with E-state index in [1.807, 2.05) is 0 Å². The van der Waals surface area contributed by atoms with E-state index < -0.39 is 0 Å². The number of amides is 1. The van der Waals surface area contributed by atoms with Gasteiger partial charge in [0.2, 0.25) is 5.91 Å². The number of halogens is 1. The van der Waals surface area contributed by atoms with Gasteiger partial charge in [-0.2, -0.15) is 0 Å². The monoisotopic (exact) mass is 378 g/mol. The Kier molecular flexibility index (Phi) is 6.12. The third-order valence-corrected chi connectivity index (χ3v) is 5.56. The van der Waals surface area contributed by atoms with Crippen LogP contribution < -0.4 is 0 Å². The van der Waals surface area contributed by atoms with Gasteiger partial charge in [0.25, 0.3) is 0 Å². The van der Waals surface area contributed by atoms with E-state index in [4.69, 9.17) is 0 Å². The minimum atomic E-state index is 0.203. The predicted molar refractivity (Wildman–Crippen MR) is 97.2 cm³/mol. The van der Waals surface area contributed by atoms with Crippen LogP contribution in [0.15, 0.2) is 28.7 Å². The number of benzene rings is 1. The van der Waals surface area contributed by atoms with Crippen LogP contribution in [0, 0.1) is 5.92 Å². The average molecular weight is 379 g/mol. The third-order valence-electron chi connectivity index (χ3n) is 5.07. The number of likely N-dealkylation sites (tertiary alicyclic amines) is 2. The summed E-state index contributed by atoms with van der Waals surface area (Å²) in [7, 11) is 0. The van der Waals surface area contributed by atoms with Crippen molar-refractivity contribution < 1.29 is 4.79 Å². The van der Waals surface area contributed by atoms with Crippen molar-refractivity contribution in [3.05, 3.63) is 34.3 Å². The van der Waals surface area contributed by atoms with E-state index in [1.165, 1.54) is 31.2 Å². The Balaban J connectivity index is 1.57. The fraction of sp³-hybridized carbons (Fsp3) is 0.632. The zero-order chi connectivity index (χ0) is 16.1. The van der Waals surface area contributed by atoms with Gasteiger partial charge >= 0.3 is 0 Å².